The van der Waals surface area contributed by atoms with Gasteiger partial charge in [0.25, 0.3) is 6.43 Å². The van der Waals surface area contributed by atoms with Gasteiger partial charge in [-0.3, -0.25) is 4.98 Å². The molecule has 0 aromatic carbocycles. The molecular formula is C8H7ClF2INO. The van der Waals surface area contributed by atoms with Crippen LogP contribution >= 0.6 is 34.2 Å². The van der Waals surface area contributed by atoms with E-state index in [1.807, 2.05) is 22.6 Å². The Labute approximate surface area is 98.4 Å². The van der Waals surface area contributed by atoms with Crippen molar-refractivity contribution in [3.8, 4) is 0 Å². The third-order valence-corrected chi connectivity index (χ3v) is 3.36. The van der Waals surface area contributed by atoms with Crippen molar-refractivity contribution >= 4 is 34.2 Å². The SMILES string of the molecule is OCc1c(C(F)F)ncc(CCl)c1I. The highest BCUT2D eigenvalue weighted by Crippen LogP contribution is 2.27. The van der Waals surface area contributed by atoms with E-state index >= 15 is 0 Å². The van der Waals surface area contributed by atoms with E-state index < -0.39 is 13.0 Å². The quantitative estimate of drug-likeness (QED) is 0.681. The van der Waals surface area contributed by atoms with Gasteiger partial charge in [-0.2, -0.15) is 0 Å². The van der Waals surface area contributed by atoms with Crippen LogP contribution in [0.1, 0.15) is 23.2 Å². The first-order valence-electron chi connectivity index (χ1n) is 3.73. The van der Waals surface area contributed by atoms with E-state index in [1.165, 1.54) is 6.20 Å². The predicted octanol–water partition coefficient (Wildman–Crippen LogP) is 2.85. The van der Waals surface area contributed by atoms with Gasteiger partial charge in [0.15, 0.2) is 0 Å². The summed E-state index contributed by atoms with van der Waals surface area (Å²) in [5.41, 5.74) is 0.449. The number of nitrogens with zero attached hydrogens (tertiary/aromatic N) is 1. The van der Waals surface area contributed by atoms with Gasteiger partial charge in [0.2, 0.25) is 0 Å². The molecule has 1 rings (SSSR count). The average Bonchev–Trinajstić information content (AvgIpc) is 2.17. The van der Waals surface area contributed by atoms with Gasteiger partial charge < -0.3 is 5.11 Å². The molecule has 0 spiro atoms. The molecule has 0 aliphatic rings. The summed E-state index contributed by atoms with van der Waals surface area (Å²) in [6.07, 6.45) is -1.36. The smallest absolute Gasteiger partial charge is 0.280 e. The molecule has 1 N–H and O–H groups in total. The Morgan fingerprint density at radius 1 is 1.57 bits per heavy atom. The number of alkyl halides is 3. The van der Waals surface area contributed by atoms with Crippen LogP contribution in [0.3, 0.4) is 0 Å². The minimum atomic E-state index is -2.67. The first-order chi connectivity index (χ1) is 6.61. The molecular weight excluding hydrogens is 326 g/mol. The first-order valence-corrected chi connectivity index (χ1v) is 5.34. The van der Waals surface area contributed by atoms with Crippen molar-refractivity contribution < 1.29 is 13.9 Å². The maximum atomic E-state index is 12.4. The van der Waals surface area contributed by atoms with Crippen molar-refractivity contribution in [2.24, 2.45) is 0 Å². The van der Waals surface area contributed by atoms with Gasteiger partial charge in [0.1, 0.15) is 5.69 Å². The summed E-state index contributed by atoms with van der Waals surface area (Å²) in [4.78, 5) is 3.58. The van der Waals surface area contributed by atoms with Gasteiger partial charge in [-0.25, -0.2) is 8.78 Å². The van der Waals surface area contributed by atoms with Gasteiger partial charge in [-0.1, -0.05) is 0 Å². The second-order valence-electron chi connectivity index (χ2n) is 2.55. The lowest BCUT2D eigenvalue weighted by Gasteiger charge is -2.10. The monoisotopic (exact) mass is 333 g/mol. The molecule has 1 heterocycles. The van der Waals surface area contributed by atoms with Gasteiger partial charge >= 0.3 is 0 Å². The minimum absolute atomic E-state index is 0.166. The maximum Gasteiger partial charge on any atom is 0.280 e. The molecule has 0 aliphatic carbocycles. The fourth-order valence-corrected chi connectivity index (χ4v) is 2.22. The molecule has 0 aliphatic heterocycles. The minimum Gasteiger partial charge on any atom is -0.392 e. The van der Waals surface area contributed by atoms with Crippen molar-refractivity contribution in [3.05, 3.63) is 26.6 Å². The molecule has 1 aromatic heterocycles. The first kappa shape index (κ1) is 12.1. The molecule has 6 heteroatoms. The summed E-state index contributed by atoms with van der Waals surface area (Å²) in [5, 5.41) is 8.95. The topological polar surface area (TPSA) is 33.1 Å². The largest absolute Gasteiger partial charge is 0.392 e. The number of pyridine rings is 1. The van der Waals surface area contributed by atoms with Gasteiger partial charge in [-0.15, -0.1) is 11.6 Å². The van der Waals surface area contributed by atoms with Crippen molar-refractivity contribution in [3.63, 3.8) is 0 Å². The highest BCUT2D eigenvalue weighted by Gasteiger charge is 2.18. The Bertz CT molecular complexity index is 335. The number of halogens is 4. The standard InChI is InChI=1S/C8H7ClF2INO/c9-1-4-2-13-7(8(10)11)5(3-14)6(4)12/h2,8,14H,1,3H2. The van der Waals surface area contributed by atoms with Crippen LogP contribution in [0.15, 0.2) is 6.20 Å². The predicted molar refractivity (Wildman–Crippen MR) is 57.4 cm³/mol. The Balaban J connectivity index is 3.28. The average molecular weight is 334 g/mol. The molecule has 1 aromatic rings. The van der Waals surface area contributed by atoms with E-state index in [2.05, 4.69) is 4.98 Å². The Morgan fingerprint density at radius 2 is 2.21 bits per heavy atom. The van der Waals surface area contributed by atoms with E-state index in [-0.39, 0.29) is 17.1 Å². The number of aliphatic hydroxyl groups is 1. The number of aromatic nitrogens is 1. The molecule has 0 bridgehead atoms. The van der Waals surface area contributed by atoms with E-state index in [0.29, 0.717) is 9.13 Å². The lowest BCUT2D eigenvalue weighted by molar-refractivity contribution is 0.141. The fraction of sp³-hybridized carbons (Fsp3) is 0.375. The summed E-state index contributed by atoms with van der Waals surface area (Å²) >= 11 is 7.46. The molecule has 0 atom stereocenters. The summed E-state index contributed by atoms with van der Waals surface area (Å²) in [6.45, 7) is -0.449. The van der Waals surface area contributed by atoms with Crippen LogP contribution in [0, 0.1) is 3.57 Å². The van der Waals surface area contributed by atoms with Gasteiger partial charge in [-0.05, 0) is 28.2 Å². The van der Waals surface area contributed by atoms with E-state index in [0.717, 1.165) is 0 Å². The molecule has 2 nitrogen and oxygen atoms in total. The van der Waals surface area contributed by atoms with Crippen LogP contribution < -0.4 is 0 Å². The zero-order valence-electron chi connectivity index (χ0n) is 6.98. The molecule has 14 heavy (non-hydrogen) atoms. The summed E-state index contributed by atoms with van der Waals surface area (Å²) in [5.74, 6) is 0.196. The molecule has 0 radical (unpaired) electrons. The number of hydrogen-bond donors (Lipinski definition) is 1. The van der Waals surface area contributed by atoms with Crippen LogP contribution in [0.4, 0.5) is 8.78 Å². The van der Waals surface area contributed by atoms with Gasteiger partial charge in [0, 0.05) is 21.2 Å². The molecule has 0 saturated carbocycles. The highest BCUT2D eigenvalue weighted by molar-refractivity contribution is 14.1. The maximum absolute atomic E-state index is 12.4. The summed E-state index contributed by atoms with van der Waals surface area (Å²) in [6, 6.07) is 0. The zero-order chi connectivity index (χ0) is 10.7. The lowest BCUT2D eigenvalue weighted by atomic mass is 10.1. The summed E-state index contributed by atoms with van der Waals surface area (Å²) in [7, 11) is 0. The fourth-order valence-electron chi connectivity index (χ4n) is 1.02. The van der Waals surface area contributed by atoms with Crippen molar-refractivity contribution in [1.82, 2.24) is 4.98 Å². The highest BCUT2D eigenvalue weighted by atomic mass is 127. The molecule has 0 saturated heterocycles. The van der Waals surface area contributed by atoms with Crippen LogP contribution in [0.25, 0.3) is 0 Å². The van der Waals surface area contributed by atoms with Crippen LogP contribution in [-0.2, 0) is 12.5 Å². The third kappa shape index (κ3) is 2.32. The van der Waals surface area contributed by atoms with E-state index in [9.17, 15) is 8.78 Å². The Hall–Kier alpha value is -0.0100. The second kappa shape index (κ2) is 5.18. The van der Waals surface area contributed by atoms with Crippen LogP contribution in [0.2, 0.25) is 0 Å². The van der Waals surface area contributed by atoms with Crippen LogP contribution in [0.5, 0.6) is 0 Å². The molecule has 0 amide bonds. The summed E-state index contributed by atoms with van der Waals surface area (Å²) < 4.78 is 25.4. The van der Waals surface area contributed by atoms with Crippen LogP contribution in [-0.4, -0.2) is 10.1 Å². The van der Waals surface area contributed by atoms with Crippen molar-refractivity contribution in [1.29, 1.82) is 0 Å². The van der Waals surface area contributed by atoms with E-state index in [1.54, 1.807) is 0 Å². The molecule has 78 valence electrons. The normalized spacial score (nSPS) is 11.0. The molecule has 0 fully saturated rings. The van der Waals surface area contributed by atoms with E-state index in [4.69, 9.17) is 16.7 Å². The number of aliphatic hydroxyl groups excluding tert-OH is 1. The van der Waals surface area contributed by atoms with Crippen molar-refractivity contribution in [2.45, 2.75) is 18.9 Å². The van der Waals surface area contributed by atoms with Gasteiger partial charge in [0.05, 0.1) is 6.61 Å². The number of rotatable bonds is 3. The Kier molecular flexibility index (Phi) is 4.46. The lowest BCUT2D eigenvalue weighted by Crippen LogP contribution is -2.04. The zero-order valence-corrected chi connectivity index (χ0v) is 9.89. The Morgan fingerprint density at radius 3 is 2.64 bits per heavy atom. The molecule has 0 unspecified atom stereocenters. The second-order valence-corrected chi connectivity index (χ2v) is 3.90. The number of hydrogen-bond acceptors (Lipinski definition) is 2. The van der Waals surface area contributed by atoms with Crippen molar-refractivity contribution in [2.75, 3.05) is 0 Å². The third-order valence-electron chi connectivity index (χ3n) is 1.72.